The Balaban J connectivity index is 0.958. The van der Waals surface area contributed by atoms with Crippen molar-refractivity contribution in [1.82, 2.24) is 4.57 Å². The molecule has 0 fully saturated rings. The Bertz CT molecular complexity index is 3570. The van der Waals surface area contributed by atoms with Gasteiger partial charge in [-0.05, 0) is 134 Å². The molecule has 12 rings (SSSR count). The van der Waals surface area contributed by atoms with Gasteiger partial charge in [0, 0.05) is 37.2 Å². The number of benzene rings is 9. The van der Waals surface area contributed by atoms with Crippen molar-refractivity contribution in [2.24, 2.45) is 0 Å². The van der Waals surface area contributed by atoms with E-state index < -0.39 is 0 Å². The number of fused-ring (bicyclic) bond motifs is 6. The number of thiophene rings is 1. The molecule has 2 aromatic heterocycles. The molecule has 2 heterocycles. The number of hydrogen-bond donors (Lipinski definition) is 0. The molecule has 0 amide bonds. The number of hydrogen-bond acceptors (Lipinski definition) is 1. The third kappa shape index (κ3) is 6.82. The number of nitrogens with zero attached hydrogens (tertiary/aromatic N) is 1. The van der Waals surface area contributed by atoms with Crippen LogP contribution in [0.2, 0.25) is 0 Å². The molecular formula is C65H49NS. The lowest BCUT2D eigenvalue weighted by molar-refractivity contribution is 0.490. The van der Waals surface area contributed by atoms with Crippen molar-refractivity contribution in [2.45, 2.75) is 32.1 Å². The molecule has 0 saturated carbocycles. The summed E-state index contributed by atoms with van der Waals surface area (Å²) in [6.07, 6.45) is 6.70. The van der Waals surface area contributed by atoms with Gasteiger partial charge < -0.3 is 4.57 Å². The first-order valence-electron chi connectivity index (χ1n) is 23.6. The van der Waals surface area contributed by atoms with Crippen molar-refractivity contribution in [3.8, 4) is 71.8 Å². The zero-order chi connectivity index (χ0) is 44.9. The first kappa shape index (κ1) is 40.7. The molecule has 0 saturated heterocycles. The molecule has 0 atom stereocenters. The third-order valence-corrected chi connectivity index (χ3v) is 15.4. The van der Waals surface area contributed by atoms with Gasteiger partial charge in [0.15, 0.2) is 0 Å². The zero-order valence-electron chi connectivity index (χ0n) is 37.8. The summed E-state index contributed by atoms with van der Waals surface area (Å²) in [4.78, 5) is 2.47. The smallest absolute Gasteiger partial charge is 0.0541 e. The molecule has 320 valence electrons. The number of para-hydroxylation sites is 2. The minimum Gasteiger partial charge on any atom is -0.309 e. The Morgan fingerprint density at radius 1 is 0.403 bits per heavy atom. The Kier molecular flexibility index (Phi) is 10.3. The molecule has 0 spiro atoms. The average molecular weight is 876 g/mol. The van der Waals surface area contributed by atoms with Gasteiger partial charge in [-0.3, -0.25) is 0 Å². The van der Waals surface area contributed by atoms with Crippen LogP contribution in [0, 0.1) is 0 Å². The normalized spacial score (nSPS) is 12.8. The van der Waals surface area contributed by atoms with Crippen molar-refractivity contribution < 1.29 is 0 Å². The van der Waals surface area contributed by atoms with Crippen molar-refractivity contribution in [1.29, 1.82) is 0 Å². The highest BCUT2D eigenvalue weighted by Crippen LogP contribution is 2.54. The highest BCUT2D eigenvalue weighted by Gasteiger charge is 2.41. The molecule has 11 aromatic rings. The number of rotatable bonds is 10. The third-order valence-electron chi connectivity index (χ3n) is 14.3. The van der Waals surface area contributed by atoms with Crippen LogP contribution in [0.3, 0.4) is 0 Å². The van der Waals surface area contributed by atoms with Crippen molar-refractivity contribution in [2.75, 3.05) is 0 Å². The van der Waals surface area contributed by atoms with Gasteiger partial charge in [0.05, 0.1) is 11.0 Å². The molecule has 1 nitrogen and oxygen atoms in total. The molecule has 0 N–H and O–H groups in total. The summed E-state index contributed by atoms with van der Waals surface area (Å²) >= 11 is 1.86. The predicted octanol–water partition coefficient (Wildman–Crippen LogP) is 18.4. The fourth-order valence-electron chi connectivity index (χ4n) is 11.1. The fraction of sp³-hybridized carbons (Fsp3) is 0.0769. The molecule has 0 unspecified atom stereocenters. The maximum atomic E-state index is 2.49. The Morgan fingerprint density at radius 3 is 1.48 bits per heavy atom. The monoisotopic (exact) mass is 875 g/mol. The fourth-order valence-corrected chi connectivity index (χ4v) is 12.1. The SMILES string of the molecule is CCC1(CC)c2cc(/C=C/c3ccc(-c4cc(-c5ccccc5)c(-c5ccccc5)c(-c5ccccc5)c4-c4ccccc4)s3)ccc2-c2ccc(-n3c4ccccc4c4ccccc43)cc21. The molecule has 2 heteroatoms. The minimum atomic E-state index is -0.0773. The van der Waals surface area contributed by atoms with E-state index in [9.17, 15) is 0 Å². The largest absolute Gasteiger partial charge is 0.309 e. The Labute approximate surface area is 397 Å². The lowest BCUT2D eigenvalue weighted by atomic mass is 9.73. The van der Waals surface area contributed by atoms with Gasteiger partial charge in [0.1, 0.15) is 0 Å². The highest BCUT2D eigenvalue weighted by molar-refractivity contribution is 7.16. The first-order valence-corrected chi connectivity index (χ1v) is 24.4. The van der Waals surface area contributed by atoms with Crippen LogP contribution in [0.25, 0.3) is 106 Å². The molecule has 1 aliphatic rings. The van der Waals surface area contributed by atoms with Crippen LogP contribution in [0.1, 0.15) is 48.3 Å². The van der Waals surface area contributed by atoms with Crippen LogP contribution in [-0.4, -0.2) is 4.57 Å². The topological polar surface area (TPSA) is 4.93 Å². The second-order valence-electron chi connectivity index (χ2n) is 17.8. The van der Waals surface area contributed by atoms with Crippen molar-refractivity contribution in [3.05, 3.63) is 246 Å². The predicted molar refractivity (Wildman–Crippen MR) is 288 cm³/mol. The van der Waals surface area contributed by atoms with E-state index in [2.05, 4.69) is 255 Å². The van der Waals surface area contributed by atoms with Crippen molar-refractivity contribution in [3.63, 3.8) is 0 Å². The van der Waals surface area contributed by atoms with Crippen molar-refractivity contribution >= 4 is 45.3 Å². The molecule has 9 aromatic carbocycles. The Morgan fingerprint density at radius 2 is 0.896 bits per heavy atom. The molecule has 0 aliphatic heterocycles. The quantitative estimate of drug-likeness (QED) is 0.129. The van der Waals surface area contributed by atoms with E-state index in [0.29, 0.717) is 0 Å². The van der Waals surface area contributed by atoms with E-state index in [0.717, 1.165) is 12.8 Å². The second kappa shape index (κ2) is 16.9. The summed E-state index contributed by atoms with van der Waals surface area (Å²) in [5, 5.41) is 2.58. The van der Waals surface area contributed by atoms with Gasteiger partial charge in [0.25, 0.3) is 0 Å². The molecule has 0 radical (unpaired) electrons. The summed E-state index contributed by atoms with van der Waals surface area (Å²) in [7, 11) is 0. The van der Waals surface area contributed by atoms with Gasteiger partial charge in [-0.25, -0.2) is 0 Å². The van der Waals surface area contributed by atoms with Gasteiger partial charge in [-0.1, -0.05) is 202 Å². The van der Waals surface area contributed by atoms with E-state index in [1.54, 1.807) is 0 Å². The lowest BCUT2D eigenvalue weighted by Crippen LogP contribution is -2.23. The highest BCUT2D eigenvalue weighted by atomic mass is 32.1. The van der Waals surface area contributed by atoms with E-state index >= 15 is 0 Å². The molecule has 1 aliphatic carbocycles. The second-order valence-corrected chi connectivity index (χ2v) is 18.9. The van der Waals surface area contributed by atoms with E-state index in [1.165, 1.54) is 115 Å². The zero-order valence-corrected chi connectivity index (χ0v) is 38.6. The summed E-state index contributed by atoms with van der Waals surface area (Å²) < 4.78 is 2.46. The minimum absolute atomic E-state index is 0.0773. The van der Waals surface area contributed by atoms with E-state index in [1.807, 2.05) is 11.3 Å². The van der Waals surface area contributed by atoms with Crippen LogP contribution in [-0.2, 0) is 5.41 Å². The van der Waals surface area contributed by atoms with E-state index in [4.69, 9.17) is 0 Å². The van der Waals surface area contributed by atoms with Crippen LogP contribution in [0.15, 0.2) is 224 Å². The number of aromatic nitrogens is 1. The lowest BCUT2D eigenvalue weighted by Gasteiger charge is -2.30. The van der Waals surface area contributed by atoms with Crippen LogP contribution >= 0.6 is 11.3 Å². The van der Waals surface area contributed by atoms with Gasteiger partial charge in [-0.2, -0.15) is 0 Å². The van der Waals surface area contributed by atoms with Crippen LogP contribution in [0.4, 0.5) is 0 Å². The summed E-state index contributed by atoms with van der Waals surface area (Å²) in [5.41, 5.74) is 21.5. The van der Waals surface area contributed by atoms with Crippen LogP contribution in [0.5, 0.6) is 0 Å². The summed E-state index contributed by atoms with van der Waals surface area (Å²) in [5.74, 6) is 0. The van der Waals surface area contributed by atoms with Gasteiger partial charge in [0.2, 0.25) is 0 Å². The van der Waals surface area contributed by atoms with Gasteiger partial charge in [-0.15, -0.1) is 11.3 Å². The first-order chi connectivity index (χ1) is 33.1. The molecule has 67 heavy (non-hydrogen) atoms. The average Bonchev–Trinajstić information content (AvgIpc) is 4.09. The van der Waals surface area contributed by atoms with Gasteiger partial charge >= 0.3 is 0 Å². The maximum absolute atomic E-state index is 2.49. The summed E-state index contributed by atoms with van der Waals surface area (Å²) in [6, 6.07) is 82.8. The molecular weight excluding hydrogens is 827 g/mol. The van der Waals surface area contributed by atoms with E-state index in [-0.39, 0.29) is 5.41 Å². The Hall–Kier alpha value is -7.78. The maximum Gasteiger partial charge on any atom is 0.0541 e. The molecule has 0 bridgehead atoms. The summed E-state index contributed by atoms with van der Waals surface area (Å²) in [6.45, 7) is 4.74. The van der Waals surface area contributed by atoms with Crippen LogP contribution < -0.4 is 0 Å². The standard InChI is InChI=1S/C65H49NS/c1-3-65(4-2)57-41-44(34-38-51(57)52-39-35-49(42-58(52)65)66-59-31-19-17-29-53(59)54-30-18-20-32-60(54)66)33-36-50-37-40-61(67-50)56-43-55(45-21-9-5-10-22-45)62(46-23-11-6-12-24-46)64(48-27-15-8-16-28-48)63(56)47-25-13-7-14-26-47/h5-43H,3-4H2,1-2H3/b36-33+.